The molecule has 1 aliphatic heterocycles. The van der Waals surface area contributed by atoms with E-state index in [0.29, 0.717) is 6.61 Å². The molecular weight excluding hydrogens is 132 g/mol. The molecule has 0 aromatic rings. The third-order valence-corrected chi connectivity index (χ3v) is 3.41. The summed E-state index contributed by atoms with van der Waals surface area (Å²) in [4.78, 5) is 0. The minimum Gasteiger partial charge on any atom is -0.395 e. The first-order valence-electron chi connectivity index (χ1n) is 3.52. The lowest BCUT2D eigenvalue weighted by Crippen LogP contribution is -2.28. The van der Waals surface area contributed by atoms with Crippen LogP contribution in [0.1, 0.15) is 26.2 Å². The summed E-state index contributed by atoms with van der Waals surface area (Å²) < 4.78 is 0.193. The molecule has 0 saturated carbocycles. The SMILES string of the molecule is CC1(CO)CCCCS1. The molecule has 0 aromatic carbocycles. The summed E-state index contributed by atoms with van der Waals surface area (Å²) in [5.74, 6) is 1.23. The van der Waals surface area contributed by atoms with Gasteiger partial charge in [-0.3, -0.25) is 0 Å². The average molecular weight is 146 g/mol. The molecular formula is C7H14OS. The second-order valence-corrected chi connectivity index (χ2v) is 4.60. The maximum atomic E-state index is 8.93. The first kappa shape index (κ1) is 7.42. The van der Waals surface area contributed by atoms with Crippen LogP contribution in [0.2, 0.25) is 0 Å². The Morgan fingerprint density at radius 3 is 2.67 bits per heavy atom. The van der Waals surface area contributed by atoms with Crippen molar-refractivity contribution in [1.29, 1.82) is 0 Å². The van der Waals surface area contributed by atoms with E-state index in [-0.39, 0.29) is 4.75 Å². The van der Waals surface area contributed by atoms with E-state index in [1.807, 2.05) is 11.8 Å². The van der Waals surface area contributed by atoms with Gasteiger partial charge < -0.3 is 5.11 Å². The number of hydrogen-bond acceptors (Lipinski definition) is 2. The summed E-state index contributed by atoms with van der Waals surface area (Å²) in [6.45, 7) is 2.49. The van der Waals surface area contributed by atoms with Crippen LogP contribution < -0.4 is 0 Å². The lowest BCUT2D eigenvalue weighted by Gasteiger charge is -2.30. The predicted molar refractivity (Wildman–Crippen MR) is 41.8 cm³/mol. The molecule has 1 saturated heterocycles. The van der Waals surface area contributed by atoms with Gasteiger partial charge in [-0.15, -0.1) is 0 Å². The van der Waals surface area contributed by atoms with E-state index in [2.05, 4.69) is 6.92 Å². The van der Waals surface area contributed by atoms with Gasteiger partial charge in [-0.05, 0) is 25.5 Å². The second-order valence-electron chi connectivity index (χ2n) is 2.91. The summed E-state index contributed by atoms with van der Waals surface area (Å²) in [7, 11) is 0. The molecule has 1 unspecified atom stereocenters. The van der Waals surface area contributed by atoms with Gasteiger partial charge >= 0.3 is 0 Å². The molecule has 0 aliphatic carbocycles. The lowest BCUT2D eigenvalue weighted by molar-refractivity contribution is 0.245. The average Bonchev–Trinajstić information content (AvgIpc) is 1.90. The van der Waals surface area contributed by atoms with Crippen molar-refractivity contribution in [3.8, 4) is 0 Å². The van der Waals surface area contributed by atoms with Gasteiger partial charge in [-0.2, -0.15) is 11.8 Å². The minimum absolute atomic E-state index is 0.193. The Bertz CT molecular complexity index is 86.9. The first-order chi connectivity index (χ1) is 4.27. The van der Waals surface area contributed by atoms with Gasteiger partial charge in [0.1, 0.15) is 0 Å². The van der Waals surface area contributed by atoms with Crippen LogP contribution in [0.4, 0.5) is 0 Å². The van der Waals surface area contributed by atoms with Gasteiger partial charge in [0.05, 0.1) is 6.61 Å². The van der Waals surface area contributed by atoms with Crippen molar-refractivity contribution in [3.05, 3.63) is 0 Å². The van der Waals surface area contributed by atoms with E-state index >= 15 is 0 Å². The van der Waals surface area contributed by atoms with Crippen LogP contribution in [0, 0.1) is 0 Å². The Balaban J connectivity index is 2.37. The molecule has 1 aliphatic rings. The molecule has 1 atom stereocenters. The van der Waals surface area contributed by atoms with E-state index in [0.717, 1.165) is 0 Å². The van der Waals surface area contributed by atoms with Crippen molar-refractivity contribution in [2.45, 2.75) is 30.9 Å². The summed E-state index contributed by atoms with van der Waals surface area (Å²) in [6, 6.07) is 0. The molecule has 0 bridgehead atoms. The Hall–Kier alpha value is 0.310. The molecule has 1 fully saturated rings. The van der Waals surface area contributed by atoms with Crippen molar-refractivity contribution in [2.75, 3.05) is 12.4 Å². The predicted octanol–water partition coefficient (Wildman–Crippen LogP) is 1.65. The molecule has 1 heterocycles. The monoisotopic (exact) mass is 146 g/mol. The number of rotatable bonds is 1. The summed E-state index contributed by atoms with van der Waals surface area (Å²) in [6.07, 6.45) is 3.82. The van der Waals surface area contributed by atoms with Crippen molar-refractivity contribution >= 4 is 11.8 Å². The van der Waals surface area contributed by atoms with E-state index in [1.165, 1.54) is 25.0 Å². The van der Waals surface area contributed by atoms with Gasteiger partial charge in [-0.25, -0.2) is 0 Å². The first-order valence-corrected chi connectivity index (χ1v) is 4.50. The third-order valence-electron chi connectivity index (χ3n) is 1.88. The highest BCUT2D eigenvalue weighted by Crippen LogP contribution is 2.35. The quantitative estimate of drug-likeness (QED) is 0.607. The van der Waals surface area contributed by atoms with Crippen molar-refractivity contribution in [2.24, 2.45) is 0 Å². The molecule has 0 spiro atoms. The number of thioether (sulfide) groups is 1. The molecule has 1 rings (SSSR count). The fraction of sp³-hybridized carbons (Fsp3) is 1.00. The summed E-state index contributed by atoms with van der Waals surface area (Å²) in [5.41, 5.74) is 0. The van der Waals surface area contributed by atoms with E-state index in [9.17, 15) is 0 Å². The van der Waals surface area contributed by atoms with E-state index in [1.54, 1.807) is 0 Å². The van der Waals surface area contributed by atoms with Gasteiger partial charge in [0.15, 0.2) is 0 Å². The van der Waals surface area contributed by atoms with Crippen LogP contribution >= 0.6 is 11.8 Å². The number of aliphatic hydroxyl groups excluding tert-OH is 1. The highest BCUT2D eigenvalue weighted by Gasteiger charge is 2.25. The van der Waals surface area contributed by atoms with Crippen LogP contribution in [0.25, 0.3) is 0 Å². The summed E-state index contributed by atoms with van der Waals surface area (Å²) >= 11 is 1.92. The van der Waals surface area contributed by atoms with Crippen molar-refractivity contribution in [1.82, 2.24) is 0 Å². The van der Waals surface area contributed by atoms with Gasteiger partial charge in [-0.1, -0.05) is 6.42 Å². The zero-order valence-electron chi connectivity index (χ0n) is 5.89. The third kappa shape index (κ3) is 1.87. The molecule has 54 valence electrons. The fourth-order valence-corrected chi connectivity index (χ4v) is 2.34. The Morgan fingerprint density at radius 1 is 1.56 bits per heavy atom. The topological polar surface area (TPSA) is 20.2 Å². The maximum absolute atomic E-state index is 8.93. The Morgan fingerprint density at radius 2 is 2.33 bits per heavy atom. The molecule has 9 heavy (non-hydrogen) atoms. The maximum Gasteiger partial charge on any atom is 0.0575 e. The van der Waals surface area contributed by atoms with E-state index in [4.69, 9.17) is 5.11 Å². The summed E-state index contributed by atoms with van der Waals surface area (Å²) in [5, 5.41) is 8.93. The highest BCUT2D eigenvalue weighted by molar-refractivity contribution is 8.00. The number of aliphatic hydroxyl groups is 1. The molecule has 0 aromatic heterocycles. The van der Waals surface area contributed by atoms with Crippen LogP contribution in [0.15, 0.2) is 0 Å². The zero-order valence-corrected chi connectivity index (χ0v) is 6.71. The molecule has 2 heteroatoms. The molecule has 0 amide bonds. The minimum atomic E-state index is 0.193. The molecule has 1 N–H and O–H groups in total. The molecule has 1 nitrogen and oxygen atoms in total. The zero-order chi connectivity index (χ0) is 6.74. The van der Waals surface area contributed by atoms with Crippen LogP contribution in [0.3, 0.4) is 0 Å². The van der Waals surface area contributed by atoms with Crippen LogP contribution in [0.5, 0.6) is 0 Å². The lowest BCUT2D eigenvalue weighted by atomic mass is 10.0. The highest BCUT2D eigenvalue weighted by atomic mass is 32.2. The van der Waals surface area contributed by atoms with Gasteiger partial charge in [0.25, 0.3) is 0 Å². The normalized spacial score (nSPS) is 36.7. The van der Waals surface area contributed by atoms with Crippen LogP contribution in [-0.2, 0) is 0 Å². The van der Waals surface area contributed by atoms with Crippen molar-refractivity contribution in [3.63, 3.8) is 0 Å². The van der Waals surface area contributed by atoms with Gasteiger partial charge in [0, 0.05) is 4.75 Å². The largest absolute Gasteiger partial charge is 0.395 e. The number of hydrogen-bond donors (Lipinski definition) is 1. The van der Waals surface area contributed by atoms with Crippen LogP contribution in [-0.4, -0.2) is 22.2 Å². The molecule has 0 radical (unpaired) electrons. The Labute approximate surface area is 60.8 Å². The standard InChI is InChI=1S/C7H14OS/c1-7(6-8)4-2-3-5-9-7/h8H,2-6H2,1H3. The fourth-order valence-electron chi connectivity index (χ4n) is 1.12. The van der Waals surface area contributed by atoms with E-state index < -0.39 is 0 Å². The smallest absolute Gasteiger partial charge is 0.0575 e. The van der Waals surface area contributed by atoms with Crippen molar-refractivity contribution < 1.29 is 5.11 Å². The Kier molecular flexibility index (Phi) is 2.42. The second kappa shape index (κ2) is 2.93. The van der Waals surface area contributed by atoms with Gasteiger partial charge in [0.2, 0.25) is 0 Å².